The van der Waals surface area contributed by atoms with Crippen LogP contribution in [0, 0.1) is 0 Å². The molecule has 1 aromatic rings. The van der Waals surface area contributed by atoms with Crippen molar-refractivity contribution >= 4 is 8.32 Å². The normalized spacial score (nSPS) is 26.0. The third-order valence-corrected chi connectivity index (χ3v) is 10.5. The zero-order valence-electron chi connectivity index (χ0n) is 15.7. The lowest BCUT2D eigenvalue weighted by Crippen LogP contribution is -2.50. The molecule has 1 aromatic carbocycles. The Morgan fingerprint density at radius 3 is 2.22 bits per heavy atom. The van der Waals surface area contributed by atoms with E-state index in [2.05, 4.69) is 76.9 Å². The van der Waals surface area contributed by atoms with Crippen LogP contribution in [0.3, 0.4) is 0 Å². The molecule has 0 spiro atoms. The van der Waals surface area contributed by atoms with Crippen molar-refractivity contribution in [3.8, 4) is 0 Å². The molecule has 0 N–H and O–H groups in total. The van der Waals surface area contributed by atoms with Gasteiger partial charge in [-0.25, -0.2) is 0 Å². The lowest BCUT2D eigenvalue weighted by atomic mass is 9.75. The minimum atomic E-state index is -1.75. The van der Waals surface area contributed by atoms with Crippen LogP contribution in [0.4, 0.5) is 0 Å². The van der Waals surface area contributed by atoms with Gasteiger partial charge in [-0.3, -0.25) is 0 Å². The van der Waals surface area contributed by atoms with Gasteiger partial charge in [0.25, 0.3) is 0 Å². The first-order valence-corrected chi connectivity index (χ1v) is 12.0. The van der Waals surface area contributed by atoms with E-state index in [1.807, 2.05) is 0 Å². The summed E-state index contributed by atoms with van der Waals surface area (Å²) in [7, 11) is -1.75. The fourth-order valence-electron chi connectivity index (χ4n) is 3.51. The van der Waals surface area contributed by atoms with Crippen LogP contribution in [0.1, 0.15) is 64.4 Å². The molecule has 2 heteroatoms. The standard InChI is InChI=1S/C21H34OSi/c1-7-15-21(22-23(5,6)20(2,3)4)16-13-19(14-17-21)18-11-9-8-10-12-18/h7-12,19H,1,13-17H2,2-6H3. The Kier molecular flexibility index (Phi) is 5.58. The number of hydrogen-bond acceptors (Lipinski definition) is 1. The number of rotatable bonds is 5. The Balaban J connectivity index is 2.11. The highest BCUT2D eigenvalue weighted by atomic mass is 28.4. The van der Waals surface area contributed by atoms with Crippen LogP contribution in [-0.2, 0) is 4.43 Å². The van der Waals surface area contributed by atoms with Crippen LogP contribution >= 0.6 is 0 Å². The van der Waals surface area contributed by atoms with E-state index >= 15 is 0 Å². The molecule has 1 nitrogen and oxygen atoms in total. The predicted molar refractivity (Wildman–Crippen MR) is 103 cm³/mol. The molecule has 1 aliphatic rings. The summed E-state index contributed by atoms with van der Waals surface area (Å²) in [6, 6.07) is 11.0. The molecule has 0 saturated heterocycles. The van der Waals surface area contributed by atoms with Gasteiger partial charge < -0.3 is 4.43 Å². The fraction of sp³-hybridized carbons (Fsp3) is 0.619. The highest BCUT2D eigenvalue weighted by Crippen LogP contribution is 2.47. The quantitative estimate of drug-likeness (QED) is 0.432. The highest BCUT2D eigenvalue weighted by Gasteiger charge is 2.45. The zero-order chi connectivity index (χ0) is 17.1. The van der Waals surface area contributed by atoms with E-state index in [-0.39, 0.29) is 10.6 Å². The average Bonchev–Trinajstić information content (AvgIpc) is 2.47. The first-order chi connectivity index (χ1) is 10.7. The number of benzene rings is 1. The minimum Gasteiger partial charge on any atom is -0.411 e. The molecule has 0 heterocycles. The fourth-order valence-corrected chi connectivity index (χ4v) is 5.18. The van der Waals surface area contributed by atoms with Crippen molar-refractivity contribution in [3.63, 3.8) is 0 Å². The number of hydrogen-bond donors (Lipinski definition) is 0. The maximum Gasteiger partial charge on any atom is 0.192 e. The predicted octanol–water partition coefficient (Wildman–Crippen LogP) is 6.68. The summed E-state index contributed by atoms with van der Waals surface area (Å²) in [4.78, 5) is 0. The molecular weight excluding hydrogens is 296 g/mol. The maximum absolute atomic E-state index is 6.92. The molecule has 1 saturated carbocycles. The summed E-state index contributed by atoms with van der Waals surface area (Å²) in [5, 5.41) is 0.261. The van der Waals surface area contributed by atoms with E-state index in [4.69, 9.17) is 4.43 Å². The van der Waals surface area contributed by atoms with Gasteiger partial charge in [0, 0.05) is 0 Å². The first kappa shape index (κ1) is 18.5. The van der Waals surface area contributed by atoms with E-state index in [1.54, 1.807) is 0 Å². The van der Waals surface area contributed by atoms with E-state index in [1.165, 1.54) is 18.4 Å². The van der Waals surface area contributed by atoms with Gasteiger partial charge in [0.05, 0.1) is 5.60 Å². The van der Waals surface area contributed by atoms with Crippen LogP contribution in [0.25, 0.3) is 0 Å². The second kappa shape index (κ2) is 6.94. The van der Waals surface area contributed by atoms with Crippen molar-refractivity contribution in [2.24, 2.45) is 0 Å². The summed E-state index contributed by atoms with van der Waals surface area (Å²) in [5.41, 5.74) is 1.52. The Morgan fingerprint density at radius 1 is 1.17 bits per heavy atom. The molecular formula is C21H34OSi. The van der Waals surface area contributed by atoms with Crippen LogP contribution in [0.15, 0.2) is 43.0 Å². The molecule has 23 heavy (non-hydrogen) atoms. The third-order valence-electron chi connectivity index (χ3n) is 5.96. The smallest absolute Gasteiger partial charge is 0.192 e. The zero-order valence-corrected chi connectivity index (χ0v) is 16.7. The van der Waals surface area contributed by atoms with E-state index < -0.39 is 8.32 Å². The Morgan fingerprint density at radius 2 is 1.74 bits per heavy atom. The van der Waals surface area contributed by atoms with Gasteiger partial charge in [-0.05, 0) is 61.7 Å². The van der Waals surface area contributed by atoms with Gasteiger partial charge in [-0.1, -0.05) is 57.2 Å². The lowest BCUT2D eigenvalue weighted by molar-refractivity contribution is 0.0142. The van der Waals surface area contributed by atoms with Crippen molar-refractivity contribution in [2.75, 3.05) is 0 Å². The van der Waals surface area contributed by atoms with Crippen molar-refractivity contribution in [3.05, 3.63) is 48.6 Å². The average molecular weight is 331 g/mol. The third kappa shape index (κ3) is 4.36. The minimum absolute atomic E-state index is 0.0238. The Hall–Kier alpha value is -0.863. The summed E-state index contributed by atoms with van der Waals surface area (Å²) < 4.78 is 6.92. The molecule has 0 atom stereocenters. The maximum atomic E-state index is 6.92. The van der Waals surface area contributed by atoms with Crippen molar-refractivity contribution in [2.45, 2.75) is 82.5 Å². The second-order valence-electron chi connectivity index (χ2n) is 8.72. The van der Waals surface area contributed by atoms with Gasteiger partial charge >= 0.3 is 0 Å². The molecule has 128 valence electrons. The molecule has 0 bridgehead atoms. The Bertz CT molecular complexity index is 504. The summed E-state index contributed by atoms with van der Waals surface area (Å²) in [6.45, 7) is 15.7. The van der Waals surface area contributed by atoms with Crippen LogP contribution in [0.2, 0.25) is 18.1 Å². The van der Waals surface area contributed by atoms with Crippen molar-refractivity contribution in [1.29, 1.82) is 0 Å². The van der Waals surface area contributed by atoms with Crippen molar-refractivity contribution < 1.29 is 4.43 Å². The summed E-state index contributed by atoms with van der Waals surface area (Å²) in [5.74, 6) is 0.692. The molecule has 2 rings (SSSR count). The van der Waals surface area contributed by atoms with Gasteiger partial charge in [-0.15, -0.1) is 6.58 Å². The monoisotopic (exact) mass is 330 g/mol. The molecule has 0 unspecified atom stereocenters. The van der Waals surface area contributed by atoms with E-state index in [0.717, 1.165) is 19.3 Å². The van der Waals surface area contributed by atoms with Crippen LogP contribution < -0.4 is 0 Å². The van der Waals surface area contributed by atoms with Gasteiger partial charge in [0.1, 0.15) is 0 Å². The molecule has 0 aliphatic heterocycles. The van der Waals surface area contributed by atoms with Crippen molar-refractivity contribution in [1.82, 2.24) is 0 Å². The largest absolute Gasteiger partial charge is 0.411 e. The van der Waals surface area contributed by atoms with Gasteiger partial charge in [0.2, 0.25) is 0 Å². The Labute approximate surface area is 144 Å². The first-order valence-electron chi connectivity index (χ1n) is 9.05. The molecule has 1 fully saturated rings. The van der Waals surface area contributed by atoms with Gasteiger partial charge in [-0.2, -0.15) is 0 Å². The van der Waals surface area contributed by atoms with Crippen LogP contribution in [-0.4, -0.2) is 13.9 Å². The van der Waals surface area contributed by atoms with E-state index in [9.17, 15) is 0 Å². The molecule has 1 aliphatic carbocycles. The lowest BCUT2D eigenvalue weighted by Gasteiger charge is -2.48. The second-order valence-corrected chi connectivity index (χ2v) is 13.4. The van der Waals surface area contributed by atoms with Crippen LogP contribution in [0.5, 0.6) is 0 Å². The van der Waals surface area contributed by atoms with E-state index in [0.29, 0.717) is 5.92 Å². The molecule has 0 amide bonds. The summed E-state index contributed by atoms with van der Waals surface area (Å²) >= 11 is 0. The summed E-state index contributed by atoms with van der Waals surface area (Å²) in [6.07, 6.45) is 7.83. The molecule has 0 aromatic heterocycles. The SMILES string of the molecule is C=CCC1(O[Si](C)(C)C(C)(C)C)CCC(c2ccccc2)CC1. The molecule has 0 radical (unpaired) electrons. The highest BCUT2D eigenvalue weighted by molar-refractivity contribution is 6.74. The van der Waals surface area contributed by atoms with Gasteiger partial charge in [0.15, 0.2) is 8.32 Å². The topological polar surface area (TPSA) is 9.23 Å².